The van der Waals surface area contributed by atoms with Gasteiger partial charge in [-0.1, -0.05) is 101 Å². The summed E-state index contributed by atoms with van der Waals surface area (Å²) in [4.78, 5) is 26.0. The van der Waals surface area contributed by atoms with Crippen LogP contribution in [-0.4, -0.2) is 187 Å². The lowest BCUT2D eigenvalue weighted by molar-refractivity contribution is -0.313. The molecule has 0 aliphatic carbocycles. The number of ether oxygens (including phenoxy) is 5. The van der Waals surface area contributed by atoms with Crippen LogP contribution in [0.25, 0.3) is 0 Å². The Balaban J connectivity index is 1.04. The maximum Gasteiger partial charge on any atom is 0.397 e. The van der Waals surface area contributed by atoms with Crippen LogP contribution in [-0.2, 0) is 47.9 Å². The summed E-state index contributed by atoms with van der Waals surface area (Å²) < 4.78 is 65.4. The second kappa shape index (κ2) is 41.0. The maximum atomic E-state index is 13.0. The lowest BCUT2D eigenvalue weighted by Crippen LogP contribution is -2.59. The van der Waals surface area contributed by atoms with Gasteiger partial charge in [0.15, 0.2) is 6.29 Å². The van der Waals surface area contributed by atoms with Crippen molar-refractivity contribution in [2.24, 2.45) is 11.8 Å². The van der Waals surface area contributed by atoms with Crippen molar-refractivity contribution in [2.45, 2.75) is 317 Å². The Bertz CT molecular complexity index is 2140. The zero-order valence-corrected chi connectivity index (χ0v) is 52.5. The van der Waals surface area contributed by atoms with Crippen LogP contribution < -0.4 is 0 Å². The van der Waals surface area contributed by atoms with Crippen LogP contribution in [0.5, 0.6) is 0 Å². The van der Waals surface area contributed by atoms with Gasteiger partial charge >= 0.3 is 10.4 Å². The van der Waals surface area contributed by atoms with Crippen molar-refractivity contribution in [3.63, 3.8) is 0 Å². The molecule has 4 aliphatic heterocycles. The van der Waals surface area contributed by atoms with Crippen molar-refractivity contribution in [1.29, 1.82) is 0 Å². The number of aliphatic hydroxyl groups is 9. The van der Waals surface area contributed by atoms with Gasteiger partial charge in [0.25, 0.3) is 0 Å². The molecular weight excluding hydrogens is 1130 g/mol. The molecule has 0 spiro atoms. The van der Waals surface area contributed by atoms with Gasteiger partial charge in [-0.2, -0.15) is 8.42 Å². The van der Waals surface area contributed by atoms with Crippen LogP contribution in [0.2, 0.25) is 0 Å². The van der Waals surface area contributed by atoms with Gasteiger partial charge in [0.05, 0.1) is 79.9 Å². The van der Waals surface area contributed by atoms with Crippen LogP contribution in [0.3, 0.4) is 0 Å². The summed E-state index contributed by atoms with van der Waals surface area (Å²) in [6.07, 6.45) is 16.9. The molecule has 4 saturated heterocycles. The molecule has 10 N–H and O–H groups in total. The van der Waals surface area contributed by atoms with E-state index in [1.165, 1.54) is 25.3 Å². The third-order valence-electron chi connectivity index (χ3n) is 16.9. The molecule has 86 heavy (non-hydrogen) atoms. The number of carbonyl (C=O) groups excluding carboxylic acids is 2. The normalized spacial score (nSPS) is 29.4. The van der Waals surface area contributed by atoms with E-state index in [0.29, 0.717) is 49.1 Å². The number of hydrogen-bond donors (Lipinski definition) is 10. The molecule has 4 fully saturated rings. The molecule has 20 atom stereocenters. The van der Waals surface area contributed by atoms with Gasteiger partial charge in [0.1, 0.15) is 42.1 Å². The molecule has 17 unspecified atom stereocenters. The van der Waals surface area contributed by atoms with Gasteiger partial charge in [0, 0.05) is 44.9 Å². The fraction of sp³-hybridized carbons (Fsp3) is 0.815. The van der Waals surface area contributed by atoms with Crippen LogP contribution in [0.4, 0.5) is 0 Å². The SMILES string of the molecule is C=CCCC1OC1CC(=C)CCC1OC1CCCC/C=C/CC/C=C/CC(C)/C=C/CC(C)CCCCCCC(=O)CCCC(CC(O)CC(=O)CC(O)CCC(O)[C@@H]1CC(O)C(OS(=O)(=O)O)[C@@H](CC(C)O)O1)OC1O[C@H](CO)C(O)C(O)C1O. The third kappa shape index (κ3) is 31.4. The second-order valence-electron chi connectivity index (χ2n) is 25.1. The van der Waals surface area contributed by atoms with Gasteiger partial charge in [-0.05, 0) is 128 Å². The predicted octanol–water partition coefficient (Wildman–Crippen LogP) is 7.62. The first kappa shape index (κ1) is 75.8. The number of carbonyl (C=O) groups is 2. The standard InChI is InChI=1S/C65H110O20S/c1-6-7-30-55-58(82-55)36-45(4)32-35-56-54(81-56)31-20-14-12-10-8-9-11-13-17-23-43(2)25-21-26-44(3)24-18-15-16-19-27-47(68)28-22-29-51(80-65-63(76)62(75)61(74)60(42-66)84-65)40-50(71)39-49(70)38-48(69)33-34-52(72)57-41-53(73)64(85-86(77,78)79)59(83-57)37-46(5)67/h6,8,10,13,17,21,25,43-44,46,48,50-67,69,71-76H,1,4,7,9,11-12,14-16,18-20,22-24,26-42H2,2-3,5H3,(H,77,78,79)/b10-8+,17-13+,25-21+/t43?,44?,46?,48?,50?,51?,52?,53?,54?,55?,56?,57-,58?,59+,60+,61?,62?,63?,64?,65?/m0/s1. The molecule has 4 aliphatic rings. The van der Waals surface area contributed by atoms with E-state index in [1.54, 1.807) is 0 Å². The Morgan fingerprint density at radius 2 is 1.31 bits per heavy atom. The van der Waals surface area contributed by atoms with E-state index in [4.69, 9.17) is 28.2 Å². The van der Waals surface area contributed by atoms with Crippen molar-refractivity contribution in [3.05, 3.63) is 61.3 Å². The van der Waals surface area contributed by atoms with E-state index in [2.05, 4.69) is 67.6 Å². The first-order valence-electron chi connectivity index (χ1n) is 32.2. The second-order valence-corrected chi connectivity index (χ2v) is 26.2. The number of rotatable bonds is 49. The van der Waals surface area contributed by atoms with E-state index in [-0.39, 0.29) is 50.7 Å². The molecule has 4 heterocycles. The Morgan fingerprint density at radius 1 is 0.640 bits per heavy atom. The van der Waals surface area contributed by atoms with Crippen LogP contribution in [0, 0.1) is 11.8 Å². The summed E-state index contributed by atoms with van der Waals surface area (Å²) in [6.45, 7) is 13.3. The molecule has 496 valence electrons. The summed E-state index contributed by atoms with van der Waals surface area (Å²) in [6, 6.07) is 0. The van der Waals surface area contributed by atoms with Crippen LogP contribution >= 0.6 is 0 Å². The number of aliphatic hydroxyl groups excluding tert-OH is 9. The summed E-state index contributed by atoms with van der Waals surface area (Å²) in [5.41, 5.74) is 1.29. The maximum absolute atomic E-state index is 13.0. The van der Waals surface area contributed by atoms with Crippen LogP contribution in [0.15, 0.2) is 61.3 Å². The molecule has 0 saturated carbocycles. The summed E-state index contributed by atoms with van der Waals surface area (Å²) in [5.74, 6) is 0.576. The minimum absolute atomic E-state index is 0.0601. The number of allylic oxidation sites excluding steroid dienone is 7. The molecule has 0 aromatic heterocycles. The fourth-order valence-corrected chi connectivity index (χ4v) is 12.1. The van der Waals surface area contributed by atoms with Gasteiger partial charge in [-0.25, -0.2) is 4.18 Å². The highest BCUT2D eigenvalue weighted by Gasteiger charge is 2.46. The Labute approximate surface area is 513 Å². The zero-order chi connectivity index (χ0) is 63.2. The highest BCUT2D eigenvalue weighted by Crippen LogP contribution is 2.36. The van der Waals surface area contributed by atoms with Crippen molar-refractivity contribution in [3.8, 4) is 0 Å². The zero-order valence-electron chi connectivity index (χ0n) is 51.7. The number of unbranched alkanes of at least 4 members (excludes halogenated alkanes) is 6. The average molecular weight is 1240 g/mol. The first-order valence-corrected chi connectivity index (χ1v) is 33.6. The third-order valence-corrected chi connectivity index (χ3v) is 17.3. The van der Waals surface area contributed by atoms with Crippen molar-refractivity contribution in [1.82, 2.24) is 0 Å². The molecule has 0 radical (unpaired) electrons. The molecule has 0 amide bonds. The fourth-order valence-electron chi connectivity index (χ4n) is 11.6. The molecule has 20 nitrogen and oxygen atoms in total. The molecular formula is C65H110O20S. The smallest absolute Gasteiger partial charge is 0.394 e. The van der Waals surface area contributed by atoms with E-state index >= 15 is 0 Å². The first-order chi connectivity index (χ1) is 41.0. The topological polar surface area (TPSA) is 333 Å². The molecule has 21 heteroatoms. The highest BCUT2D eigenvalue weighted by molar-refractivity contribution is 7.80. The summed E-state index contributed by atoms with van der Waals surface area (Å²) in [5, 5.41) is 94.1. The Hall–Kier alpha value is -2.65. The number of ketones is 2. The van der Waals surface area contributed by atoms with Crippen molar-refractivity contribution >= 4 is 22.0 Å². The number of Topliss-reactive ketones (excluding diaryl/α,β-unsaturated/α-hetero) is 2. The minimum atomic E-state index is -4.99. The molecule has 0 aromatic carbocycles. The molecule has 0 aromatic rings. The average Bonchev–Trinajstić information content (AvgIpc) is 2.65. The van der Waals surface area contributed by atoms with E-state index in [0.717, 1.165) is 103 Å². The number of epoxide rings is 2. The monoisotopic (exact) mass is 1240 g/mol. The van der Waals surface area contributed by atoms with Gasteiger partial charge in [-0.15, -0.1) is 6.58 Å². The lowest BCUT2D eigenvalue weighted by Gasteiger charge is -2.41. The Kier molecular flexibility index (Phi) is 36.1. The van der Waals surface area contributed by atoms with E-state index in [1.807, 2.05) is 6.08 Å². The lowest BCUT2D eigenvalue weighted by atomic mass is 9.90. The van der Waals surface area contributed by atoms with Gasteiger partial charge in [0.2, 0.25) is 0 Å². The van der Waals surface area contributed by atoms with Gasteiger partial charge < -0.3 is 69.6 Å². The quantitative estimate of drug-likeness (QED) is 0.0121. The summed E-state index contributed by atoms with van der Waals surface area (Å²) in [7, 11) is -4.99. The van der Waals surface area contributed by atoms with Crippen molar-refractivity contribution in [2.75, 3.05) is 6.61 Å². The highest BCUT2D eigenvalue weighted by atomic mass is 32.3. The van der Waals surface area contributed by atoms with E-state index < -0.39 is 121 Å². The largest absolute Gasteiger partial charge is 0.397 e. The van der Waals surface area contributed by atoms with Crippen molar-refractivity contribution < 1.29 is 96.4 Å². The predicted molar refractivity (Wildman–Crippen MR) is 326 cm³/mol. The van der Waals surface area contributed by atoms with Crippen LogP contribution in [0.1, 0.15) is 207 Å². The number of hydrogen-bond acceptors (Lipinski definition) is 19. The van der Waals surface area contributed by atoms with Gasteiger partial charge in [-0.3, -0.25) is 14.1 Å². The molecule has 0 bridgehead atoms. The minimum Gasteiger partial charge on any atom is -0.394 e. The van der Waals surface area contributed by atoms with E-state index in [9.17, 15) is 64.0 Å². The molecule has 4 rings (SSSR count). The Morgan fingerprint density at radius 3 is 2.03 bits per heavy atom. The summed E-state index contributed by atoms with van der Waals surface area (Å²) >= 11 is 0.